The van der Waals surface area contributed by atoms with Crippen molar-refractivity contribution in [1.29, 1.82) is 0 Å². The van der Waals surface area contributed by atoms with Gasteiger partial charge in [-0.15, -0.1) is 18.3 Å². The lowest BCUT2D eigenvalue weighted by atomic mass is 9.55. The molecule has 4 aliphatic rings. The van der Waals surface area contributed by atoms with E-state index in [4.69, 9.17) is 24.2 Å². The van der Waals surface area contributed by atoms with Gasteiger partial charge in [0.25, 0.3) is 0 Å². The van der Waals surface area contributed by atoms with Crippen LogP contribution >= 0.6 is 11.8 Å². The van der Waals surface area contributed by atoms with Crippen molar-refractivity contribution < 1.29 is 38.4 Å². The highest BCUT2D eigenvalue weighted by Gasteiger charge is 2.65. The Labute approximate surface area is 406 Å². The molecule has 68 heavy (non-hydrogen) atoms. The number of oxime groups is 1. The van der Waals surface area contributed by atoms with Crippen molar-refractivity contribution in [3.8, 4) is 11.5 Å². The number of benzene rings is 4. The van der Waals surface area contributed by atoms with Crippen molar-refractivity contribution in [2.75, 3.05) is 32.2 Å². The summed E-state index contributed by atoms with van der Waals surface area (Å²) in [5.41, 5.74) is 4.51. The maximum atomic E-state index is 15.2. The van der Waals surface area contributed by atoms with Crippen LogP contribution in [0.5, 0.6) is 11.5 Å². The Morgan fingerprint density at radius 2 is 1.63 bits per heavy atom. The van der Waals surface area contributed by atoms with Gasteiger partial charge in [0.15, 0.2) is 0 Å². The van der Waals surface area contributed by atoms with Crippen molar-refractivity contribution in [3.05, 3.63) is 150 Å². The largest absolute Gasteiger partial charge is 0.493 e. The van der Waals surface area contributed by atoms with Crippen molar-refractivity contribution in [1.82, 2.24) is 4.90 Å². The van der Waals surface area contributed by atoms with Crippen LogP contribution in [0.25, 0.3) is 0 Å². The van der Waals surface area contributed by atoms with Crippen LogP contribution in [0.15, 0.2) is 137 Å². The van der Waals surface area contributed by atoms with Crippen LogP contribution in [-0.2, 0) is 27.5 Å². The van der Waals surface area contributed by atoms with Gasteiger partial charge < -0.3 is 34.2 Å². The number of hydrogen-bond acceptors (Lipinski definition) is 9. The molecule has 8 rings (SSSR count). The molecule has 4 aromatic carbocycles. The molecule has 1 heterocycles. The van der Waals surface area contributed by atoms with E-state index in [1.165, 1.54) is 29.9 Å². The van der Waals surface area contributed by atoms with Gasteiger partial charge in [0, 0.05) is 54.7 Å². The molecule has 3 aliphatic carbocycles. The third-order valence-electron chi connectivity index (χ3n) is 14.5. The molecule has 1 amide bonds. The van der Waals surface area contributed by atoms with Gasteiger partial charge in [0.2, 0.25) is 11.7 Å². The smallest absolute Gasteiger partial charge is 0.239 e. The summed E-state index contributed by atoms with van der Waals surface area (Å²) < 4.78 is 35.8. The van der Waals surface area contributed by atoms with Gasteiger partial charge in [-0.2, -0.15) is 0 Å². The number of ether oxygens (including phenoxy) is 3. The highest BCUT2D eigenvalue weighted by Crippen LogP contribution is 2.62. The highest BCUT2D eigenvalue weighted by atomic mass is 32.2. The molecule has 11 heteroatoms. The van der Waals surface area contributed by atoms with Crippen LogP contribution in [0.1, 0.15) is 106 Å². The predicted molar refractivity (Wildman–Crippen MR) is 267 cm³/mol. The molecule has 9 nitrogen and oxygen atoms in total. The first-order valence-corrected chi connectivity index (χ1v) is 26.0. The summed E-state index contributed by atoms with van der Waals surface area (Å²) in [5.74, 6) is 0.455. The molecule has 4 aromatic rings. The zero-order valence-corrected chi connectivity index (χ0v) is 40.2. The van der Waals surface area contributed by atoms with Gasteiger partial charge in [0.1, 0.15) is 30.0 Å². The molecule has 0 aromatic heterocycles. The second-order valence-electron chi connectivity index (χ2n) is 18.9. The van der Waals surface area contributed by atoms with Gasteiger partial charge in [-0.1, -0.05) is 116 Å². The first-order valence-electron chi connectivity index (χ1n) is 25.0. The second-order valence-corrected chi connectivity index (χ2v) is 20.0. The number of nitrogens with zero attached hydrogens (tertiary/aromatic N) is 2. The number of unbranched alkanes of at least 4 members (excludes halogenated alkanes) is 2. The molecule has 2 saturated carbocycles. The first-order chi connectivity index (χ1) is 33.4. The van der Waals surface area contributed by atoms with Crippen molar-refractivity contribution in [3.63, 3.8) is 0 Å². The average molecular weight is 945 g/mol. The molecule has 6 unspecified atom stereocenters. The van der Waals surface area contributed by atoms with Crippen molar-refractivity contribution in [2.24, 2.45) is 28.8 Å². The topological polar surface area (TPSA) is 110 Å². The number of amides is 1. The summed E-state index contributed by atoms with van der Waals surface area (Å²) in [4.78, 5) is 24.7. The Kier molecular flexibility index (Phi) is 17.9. The Morgan fingerprint density at radius 3 is 2.37 bits per heavy atom. The molecule has 1 aliphatic heterocycles. The number of allylic oxidation sites excluding steroid dienone is 1. The van der Waals surface area contributed by atoms with Gasteiger partial charge >= 0.3 is 0 Å². The number of aliphatic hydroxyl groups excluding tert-OH is 2. The van der Waals surface area contributed by atoms with Crippen LogP contribution in [0.4, 0.5) is 4.39 Å². The summed E-state index contributed by atoms with van der Waals surface area (Å²) in [7, 11) is 0. The summed E-state index contributed by atoms with van der Waals surface area (Å²) in [6, 6.07) is 32.1. The fourth-order valence-corrected chi connectivity index (χ4v) is 12.0. The zero-order chi connectivity index (χ0) is 47.1. The van der Waals surface area contributed by atoms with E-state index in [0.29, 0.717) is 37.5 Å². The standard InChI is InChI=1S/C57H69FN2O7S/c1-2-33-65-57-53(60(39-42-23-26-45(58)27-24-42)54(63)30-25-41-15-9-10-16-41)38-51(59-66-40-43-17-5-3-6-18-43)49-36-44(19-11-13-31-61)48(22-12-14-32-62)55(56(49)57)50-37-46(28-29-52(50)67-57)64-34-35-68-47-20-7-4-8-21-47/h2-8,17-18,20-21,23-24,26-29,36-37,41,44,48,53,55-56,61-62H,1,9-16,19,22,25,30-35,38-40H2. The minimum atomic E-state index is -1.40. The van der Waals surface area contributed by atoms with Crippen LogP contribution in [-0.4, -0.2) is 70.7 Å². The lowest BCUT2D eigenvalue weighted by molar-refractivity contribution is -0.258. The first kappa shape index (κ1) is 49.5. The van der Waals surface area contributed by atoms with E-state index in [9.17, 15) is 14.6 Å². The summed E-state index contributed by atoms with van der Waals surface area (Å²) in [6.45, 7) is 5.47. The van der Waals surface area contributed by atoms with E-state index >= 15 is 4.79 Å². The lowest BCUT2D eigenvalue weighted by Gasteiger charge is -2.60. The summed E-state index contributed by atoms with van der Waals surface area (Å²) in [5, 5.41) is 25.1. The minimum absolute atomic E-state index is 0.00922. The Morgan fingerprint density at radius 1 is 0.897 bits per heavy atom. The van der Waals surface area contributed by atoms with Gasteiger partial charge in [0.05, 0.1) is 24.8 Å². The maximum absolute atomic E-state index is 15.2. The van der Waals surface area contributed by atoms with E-state index in [1.807, 2.05) is 65.6 Å². The molecule has 0 bridgehead atoms. The predicted octanol–water partition coefficient (Wildman–Crippen LogP) is 11.8. The van der Waals surface area contributed by atoms with E-state index in [-0.39, 0.29) is 68.9 Å². The fourth-order valence-electron chi connectivity index (χ4n) is 11.3. The van der Waals surface area contributed by atoms with Crippen LogP contribution < -0.4 is 9.47 Å². The average Bonchev–Trinajstić information content (AvgIpc) is 3.90. The number of halogens is 1. The number of hydrogen-bond donors (Lipinski definition) is 2. The maximum Gasteiger partial charge on any atom is 0.239 e. The molecule has 2 N–H and O–H groups in total. The SMILES string of the molecule is C=CCOC12Oc3ccc(OCCSc4ccccc4)cc3C3C(CCCCO)C(CCCCO)C=C(C(=NOCc4ccccc4)CC1N(Cc1ccc(F)cc1)C(=O)CCC1CCCC1)C32. The van der Waals surface area contributed by atoms with Crippen LogP contribution in [0.2, 0.25) is 0 Å². The molecular formula is C57H69FN2O7S. The molecule has 362 valence electrons. The highest BCUT2D eigenvalue weighted by molar-refractivity contribution is 7.99. The van der Waals surface area contributed by atoms with Gasteiger partial charge in [-0.25, -0.2) is 4.39 Å². The third kappa shape index (κ3) is 12.1. The molecule has 6 atom stereocenters. The van der Waals surface area contributed by atoms with Crippen molar-refractivity contribution >= 4 is 23.4 Å². The van der Waals surface area contributed by atoms with Gasteiger partial charge in [-0.3, -0.25) is 4.79 Å². The van der Waals surface area contributed by atoms with E-state index in [1.54, 1.807) is 30.0 Å². The number of fused-ring (bicyclic) bond motifs is 2. The summed E-state index contributed by atoms with van der Waals surface area (Å²) in [6.07, 6.45) is 14.9. The normalized spacial score (nSPS) is 23.5. The van der Waals surface area contributed by atoms with E-state index in [0.717, 1.165) is 84.4 Å². The second kappa shape index (κ2) is 24.6. The van der Waals surface area contributed by atoms with Crippen molar-refractivity contribution in [2.45, 2.75) is 119 Å². The number of thioether (sulfide) groups is 1. The molecule has 0 spiro atoms. The fraction of sp³-hybridized carbons (Fsp3) is 0.474. The lowest BCUT2D eigenvalue weighted by Crippen LogP contribution is -2.70. The van der Waals surface area contributed by atoms with Crippen LogP contribution in [0, 0.1) is 29.5 Å². The molecular weight excluding hydrogens is 876 g/mol. The van der Waals surface area contributed by atoms with Gasteiger partial charge in [-0.05, 0) is 109 Å². The quantitative estimate of drug-likeness (QED) is 0.0293. The monoisotopic (exact) mass is 944 g/mol. The van der Waals surface area contributed by atoms with E-state index in [2.05, 4.69) is 30.9 Å². The number of carbonyl (C=O) groups is 1. The summed E-state index contributed by atoms with van der Waals surface area (Å²) >= 11 is 1.75. The minimum Gasteiger partial charge on any atom is -0.493 e. The third-order valence-corrected chi connectivity index (χ3v) is 15.4. The number of aliphatic hydroxyl groups is 2. The molecule has 2 fully saturated rings. The Bertz CT molecular complexity index is 2290. The van der Waals surface area contributed by atoms with E-state index < -0.39 is 17.7 Å². The zero-order valence-electron chi connectivity index (χ0n) is 39.4. The molecule has 0 radical (unpaired) electrons. The Hall–Kier alpha value is -4.94. The number of carbonyl (C=O) groups excluding carboxylic acids is 1. The Balaban J connectivity index is 1.27. The molecule has 0 saturated heterocycles. The van der Waals surface area contributed by atoms with Crippen LogP contribution in [0.3, 0.4) is 0 Å². The number of rotatable bonds is 25.